The normalized spacial score (nSPS) is 11.1. The van der Waals surface area contributed by atoms with Gasteiger partial charge < -0.3 is 10.2 Å². The molecule has 0 aliphatic heterocycles. The molecule has 4 heteroatoms. The van der Waals surface area contributed by atoms with Crippen LogP contribution >= 0.6 is 0 Å². The van der Waals surface area contributed by atoms with Crippen molar-refractivity contribution in [2.75, 3.05) is 13.1 Å². The minimum absolute atomic E-state index is 0.0413. The lowest BCUT2D eigenvalue weighted by molar-refractivity contribution is 0.0773. The molecule has 0 spiro atoms. The summed E-state index contributed by atoms with van der Waals surface area (Å²) in [6, 6.07) is 6.87. The van der Waals surface area contributed by atoms with Gasteiger partial charge in [-0.15, -0.1) is 0 Å². The van der Waals surface area contributed by atoms with Crippen LogP contribution in [0.4, 0.5) is 0 Å². The second kappa shape index (κ2) is 6.55. The van der Waals surface area contributed by atoms with Crippen LogP contribution in [-0.4, -0.2) is 35.3 Å². The third-order valence-electron chi connectivity index (χ3n) is 2.91. The molecule has 0 aliphatic carbocycles. The minimum Gasteiger partial charge on any atom is -0.347 e. The Morgan fingerprint density at radius 1 is 1.10 bits per heavy atom. The average molecular weight is 276 g/mol. The van der Waals surface area contributed by atoms with E-state index >= 15 is 0 Å². The lowest BCUT2D eigenvalue weighted by Gasteiger charge is -2.21. The molecule has 0 atom stereocenters. The van der Waals surface area contributed by atoms with Crippen molar-refractivity contribution in [1.82, 2.24) is 10.2 Å². The van der Waals surface area contributed by atoms with E-state index in [9.17, 15) is 9.59 Å². The van der Waals surface area contributed by atoms with Crippen LogP contribution < -0.4 is 5.32 Å². The van der Waals surface area contributed by atoms with E-state index < -0.39 is 0 Å². The maximum absolute atomic E-state index is 12.3. The van der Waals surface area contributed by atoms with E-state index in [1.165, 1.54) is 0 Å². The molecule has 0 aliphatic rings. The topological polar surface area (TPSA) is 49.4 Å². The molecule has 1 aromatic rings. The van der Waals surface area contributed by atoms with E-state index in [1.54, 1.807) is 29.2 Å². The first-order valence-electron chi connectivity index (χ1n) is 7.00. The lowest BCUT2D eigenvalue weighted by atomic mass is 10.1. The first-order chi connectivity index (χ1) is 9.28. The summed E-state index contributed by atoms with van der Waals surface area (Å²) in [6.07, 6.45) is 0. The van der Waals surface area contributed by atoms with Gasteiger partial charge in [-0.2, -0.15) is 0 Å². The number of hydrogen-bond donors (Lipinski definition) is 1. The summed E-state index contributed by atoms with van der Waals surface area (Å²) in [5.74, 6) is -0.202. The zero-order valence-corrected chi connectivity index (χ0v) is 13.0. The van der Waals surface area contributed by atoms with Gasteiger partial charge in [-0.05, 0) is 52.8 Å². The highest BCUT2D eigenvalue weighted by Gasteiger charge is 2.17. The van der Waals surface area contributed by atoms with Crippen molar-refractivity contribution in [3.8, 4) is 0 Å². The number of benzene rings is 1. The number of nitrogens with zero attached hydrogens (tertiary/aromatic N) is 1. The van der Waals surface area contributed by atoms with Crippen LogP contribution in [0, 0.1) is 0 Å². The Kier molecular flexibility index (Phi) is 5.31. The highest BCUT2D eigenvalue weighted by atomic mass is 16.2. The molecular weight excluding hydrogens is 252 g/mol. The molecule has 0 heterocycles. The molecule has 1 aromatic carbocycles. The molecule has 0 radical (unpaired) electrons. The molecular formula is C16H24N2O2. The lowest BCUT2D eigenvalue weighted by Crippen LogP contribution is -2.40. The van der Waals surface area contributed by atoms with E-state index in [0.29, 0.717) is 24.2 Å². The molecule has 2 amide bonds. The van der Waals surface area contributed by atoms with Crippen LogP contribution in [0.2, 0.25) is 0 Å². The van der Waals surface area contributed by atoms with Gasteiger partial charge >= 0.3 is 0 Å². The van der Waals surface area contributed by atoms with Crippen molar-refractivity contribution in [3.05, 3.63) is 35.4 Å². The van der Waals surface area contributed by atoms with Gasteiger partial charge in [0.1, 0.15) is 0 Å². The number of carbonyl (C=O) groups excluding carboxylic acids is 2. The monoisotopic (exact) mass is 276 g/mol. The molecule has 1 N–H and O–H groups in total. The minimum atomic E-state index is -0.296. The van der Waals surface area contributed by atoms with Gasteiger partial charge in [0.05, 0.1) is 0 Å². The summed E-state index contributed by atoms with van der Waals surface area (Å²) in [4.78, 5) is 26.1. The van der Waals surface area contributed by atoms with Gasteiger partial charge in [0, 0.05) is 29.8 Å². The average Bonchev–Trinajstić information content (AvgIpc) is 2.38. The number of nitrogens with one attached hydrogen (secondary N) is 1. The molecule has 0 bridgehead atoms. The Hall–Kier alpha value is -1.84. The van der Waals surface area contributed by atoms with Crippen LogP contribution in [0.15, 0.2) is 24.3 Å². The molecule has 1 rings (SSSR count). The zero-order valence-electron chi connectivity index (χ0n) is 13.0. The van der Waals surface area contributed by atoms with Gasteiger partial charge in [0.15, 0.2) is 0 Å². The number of rotatable bonds is 4. The SMILES string of the molecule is CCN(CC)C(=O)c1cccc(C(=O)NC(C)(C)C)c1. The second-order valence-corrected chi connectivity index (χ2v) is 5.76. The first-order valence-corrected chi connectivity index (χ1v) is 7.00. The quantitative estimate of drug-likeness (QED) is 0.919. The molecule has 0 aromatic heterocycles. The van der Waals surface area contributed by atoms with Crippen molar-refractivity contribution in [3.63, 3.8) is 0 Å². The Bertz CT molecular complexity index is 485. The van der Waals surface area contributed by atoms with E-state index in [-0.39, 0.29) is 17.4 Å². The largest absolute Gasteiger partial charge is 0.347 e. The molecule has 0 saturated heterocycles. The summed E-state index contributed by atoms with van der Waals surface area (Å²) < 4.78 is 0. The van der Waals surface area contributed by atoms with Crippen molar-refractivity contribution < 1.29 is 9.59 Å². The summed E-state index contributed by atoms with van der Waals surface area (Å²) >= 11 is 0. The first kappa shape index (κ1) is 16.2. The highest BCUT2D eigenvalue weighted by Crippen LogP contribution is 2.10. The maximum atomic E-state index is 12.3. The fourth-order valence-corrected chi connectivity index (χ4v) is 1.90. The Balaban J connectivity index is 2.96. The van der Waals surface area contributed by atoms with Crippen molar-refractivity contribution in [2.45, 2.75) is 40.2 Å². The predicted molar refractivity (Wildman–Crippen MR) is 80.9 cm³/mol. The molecule has 110 valence electrons. The number of amides is 2. The molecule has 0 fully saturated rings. The van der Waals surface area contributed by atoms with Crippen LogP contribution in [0.3, 0.4) is 0 Å². The third kappa shape index (κ3) is 4.37. The fraction of sp³-hybridized carbons (Fsp3) is 0.500. The second-order valence-electron chi connectivity index (χ2n) is 5.76. The van der Waals surface area contributed by atoms with Gasteiger partial charge in [-0.1, -0.05) is 6.07 Å². The smallest absolute Gasteiger partial charge is 0.253 e. The van der Waals surface area contributed by atoms with Crippen molar-refractivity contribution >= 4 is 11.8 Å². The maximum Gasteiger partial charge on any atom is 0.253 e. The Labute approximate surface area is 121 Å². The molecule has 20 heavy (non-hydrogen) atoms. The van der Waals surface area contributed by atoms with E-state index in [1.807, 2.05) is 34.6 Å². The number of hydrogen-bond acceptors (Lipinski definition) is 2. The molecule has 0 unspecified atom stereocenters. The van der Waals surface area contributed by atoms with E-state index in [4.69, 9.17) is 0 Å². The zero-order chi connectivity index (χ0) is 15.3. The Morgan fingerprint density at radius 2 is 1.65 bits per heavy atom. The van der Waals surface area contributed by atoms with Gasteiger partial charge in [-0.3, -0.25) is 9.59 Å². The standard InChI is InChI=1S/C16H24N2O2/c1-6-18(7-2)15(20)13-10-8-9-12(11-13)14(19)17-16(3,4)5/h8-11H,6-7H2,1-5H3,(H,17,19). The van der Waals surface area contributed by atoms with Crippen LogP contribution in [0.1, 0.15) is 55.3 Å². The summed E-state index contributed by atoms with van der Waals surface area (Å²) in [7, 11) is 0. The molecule has 4 nitrogen and oxygen atoms in total. The highest BCUT2D eigenvalue weighted by molar-refractivity contribution is 5.99. The van der Waals surface area contributed by atoms with Gasteiger partial charge in [0.2, 0.25) is 0 Å². The van der Waals surface area contributed by atoms with E-state index in [2.05, 4.69) is 5.32 Å². The van der Waals surface area contributed by atoms with Crippen LogP contribution in [-0.2, 0) is 0 Å². The predicted octanol–water partition coefficient (Wildman–Crippen LogP) is 2.70. The van der Waals surface area contributed by atoms with Crippen molar-refractivity contribution in [2.24, 2.45) is 0 Å². The molecule has 0 saturated carbocycles. The fourth-order valence-electron chi connectivity index (χ4n) is 1.90. The summed E-state index contributed by atoms with van der Waals surface area (Å²) in [6.45, 7) is 11.0. The van der Waals surface area contributed by atoms with Crippen LogP contribution in [0.25, 0.3) is 0 Å². The van der Waals surface area contributed by atoms with Gasteiger partial charge in [-0.25, -0.2) is 0 Å². The third-order valence-corrected chi connectivity index (χ3v) is 2.91. The Morgan fingerprint density at radius 3 is 2.15 bits per heavy atom. The van der Waals surface area contributed by atoms with Crippen molar-refractivity contribution in [1.29, 1.82) is 0 Å². The van der Waals surface area contributed by atoms with Gasteiger partial charge in [0.25, 0.3) is 11.8 Å². The summed E-state index contributed by atoms with van der Waals surface area (Å²) in [5.41, 5.74) is 0.767. The van der Waals surface area contributed by atoms with Crippen LogP contribution in [0.5, 0.6) is 0 Å². The summed E-state index contributed by atoms with van der Waals surface area (Å²) in [5, 5.41) is 2.89. The van der Waals surface area contributed by atoms with E-state index in [0.717, 1.165) is 0 Å². The number of carbonyl (C=O) groups is 2.